The standard InChI is InChI=1S/C14H19BrN2O2/c1-9-3-4-13(12(15)7-9)19-10(2)14(18)17-6-5-11(16)8-17/h3-4,7,10-11H,5-6,8,16H2,1-2H3/t10-,11+/m1/s1. The van der Waals surface area contributed by atoms with Gasteiger partial charge < -0.3 is 15.4 Å². The second-order valence-corrected chi connectivity index (χ2v) is 5.88. The fraction of sp³-hybridized carbons (Fsp3) is 0.500. The zero-order valence-corrected chi connectivity index (χ0v) is 12.8. The van der Waals surface area contributed by atoms with Gasteiger partial charge >= 0.3 is 0 Å². The molecule has 1 amide bonds. The first kappa shape index (κ1) is 14.3. The van der Waals surface area contributed by atoms with Crippen molar-refractivity contribution in [1.82, 2.24) is 4.90 Å². The molecule has 2 N–H and O–H groups in total. The summed E-state index contributed by atoms with van der Waals surface area (Å²) in [6.45, 7) is 5.14. The molecule has 0 radical (unpaired) electrons. The Kier molecular flexibility index (Phi) is 4.47. The Labute approximate surface area is 122 Å². The molecule has 19 heavy (non-hydrogen) atoms. The average molecular weight is 327 g/mol. The molecule has 4 nitrogen and oxygen atoms in total. The number of carbonyl (C=O) groups excluding carboxylic acids is 1. The minimum atomic E-state index is -0.496. The van der Waals surface area contributed by atoms with Crippen LogP contribution in [-0.2, 0) is 4.79 Å². The van der Waals surface area contributed by atoms with Crippen LogP contribution in [0.25, 0.3) is 0 Å². The third-order valence-electron chi connectivity index (χ3n) is 3.28. The quantitative estimate of drug-likeness (QED) is 0.925. The monoisotopic (exact) mass is 326 g/mol. The minimum Gasteiger partial charge on any atom is -0.480 e. The van der Waals surface area contributed by atoms with E-state index in [0.717, 1.165) is 23.0 Å². The maximum Gasteiger partial charge on any atom is 0.263 e. The van der Waals surface area contributed by atoms with Crippen molar-refractivity contribution in [1.29, 1.82) is 0 Å². The number of nitrogens with zero attached hydrogens (tertiary/aromatic N) is 1. The fourth-order valence-electron chi connectivity index (χ4n) is 2.19. The van der Waals surface area contributed by atoms with E-state index in [4.69, 9.17) is 10.5 Å². The predicted molar refractivity (Wildman–Crippen MR) is 78.1 cm³/mol. The van der Waals surface area contributed by atoms with E-state index >= 15 is 0 Å². The molecule has 1 heterocycles. The molecule has 1 saturated heterocycles. The smallest absolute Gasteiger partial charge is 0.263 e. The Morgan fingerprint density at radius 1 is 1.58 bits per heavy atom. The van der Waals surface area contributed by atoms with Gasteiger partial charge in [-0.05, 0) is 53.9 Å². The van der Waals surface area contributed by atoms with Gasteiger partial charge in [0.25, 0.3) is 5.91 Å². The van der Waals surface area contributed by atoms with E-state index in [2.05, 4.69) is 15.9 Å². The molecule has 0 unspecified atom stereocenters. The van der Waals surface area contributed by atoms with E-state index < -0.39 is 6.10 Å². The number of hydrogen-bond acceptors (Lipinski definition) is 3. The summed E-state index contributed by atoms with van der Waals surface area (Å²) in [5, 5.41) is 0. The summed E-state index contributed by atoms with van der Waals surface area (Å²) in [5.41, 5.74) is 6.96. The van der Waals surface area contributed by atoms with Crippen LogP contribution in [0, 0.1) is 6.92 Å². The van der Waals surface area contributed by atoms with Crippen LogP contribution in [0.1, 0.15) is 18.9 Å². The van der Waals surface area contributed by atoms with E-state index in [-0.39, 0.29) is 11.9 Å². The van der Waals surface area contributed by atoms with Gasteiger partial charge in [0.05, 0.1) is 4.47 Å². The number of hydrogen-bond donors (Lipinski definition) is 1. The summed E-state index contributed by atoms with van der Waals surface area (Å²) in [4.78, 5) is 14.0. The van der Waals surface area contributed by atoms with E-state index in [9.17, 15) is 4.79 Å². The number of likely N-dealkylation sites (tertiary alicyclic amines) is 1. The second-order valence-electron chi connectivity index (χ2n) is 5.03. The first-order chi connectivity index (χ1) is 8.97. The number of aryl methyl sites for hydroxylation is 1. The first-order valence-electron chi connectivity index (χ1n) is 6.44. The highest BCUT2D eigenvalue weighted by Crippen LogP contribution is 2.27. The molecule has 0 saturated carbocycles. The van der Waals surface area contributed by atoms with Crippen molar-refractivity contribution in [2.45, 2.75) is 32.4 Å². The van der Waals surface area contributed by atoms with Gasteiger partial charge in [-0.25, -0.2) is 0 Å². The van der Waals surface area contributed by atoms with Crippen LogP contribution in [0.5, 0.6) is 5.75 Å². The van der Waals surface area contributed by atoms with Crippen molar-refractivity contribution in [2.24, 2.45) is 5.73 Å². The lowest BCUT2D eigenvalue weighted by Crippen LogP contribution is -2.40. The molecule has 2 atom stereocenters. The Hall–Kier alpha value is -1.07. The van der Waals surface area contributed by atoms with Crippen LogP contribution in [0.15, 0.2) is 22.7 Å². The van der Waals surface area contributed by atoms with Gasteiger partial charge in [0.2, 0.25) is 0 Å². The van der Waals surface area contributed by atoms with Gasteiger partial charge in [0.1, 0.15) is 5.75 Å². The molecular weight excluding hydrogens is 308 g/mol. The van der Waals surface area contributed by atoms with Gasteiger partial charge in [0.15, 0.2) is 6.10 Å². The third kappa shape index (κ3) is 3.48. The van der Waals surface area contributed by atoms with Gasteiger partial charge in [-0.15, -0.1) is 0 Å². The highest BCUT2D eigenvalue weighted by molar-refractivity contribution is 9.10. The Balaban J connectivity index is 2.00. The van der Waals surface area contributed by atoms with Crippen molar-refractivity contribution >= 4 is 21.8 Å². The summed E-state index contributed by atoms with van der Waals surface area (Å²) in [6.07, 6.45) is 0.372. The molecular formula is C14H19BrN2O2. The maximum absolute atomic E-state index is 12.2. The van der Waals surface area contributed by atoms with Crippen molar-refractivity contribution in [3.8, 4) is 5.75 Å². The number of halogens is 1. The molecule has 0 spiro atoms. The lowest BCUT2D eigenvalue weighted by Gasteiger charge is -2.22. The molecule has 1 fully saturated rings. The third-order valence-corrected chi connectivity index (χ3v) is 3.89. The molecule has 1 aromatic rings. The van der Waals surface area contributed by atoms with Gasteiger partial charge in [0, 0.05) is 19.1 Å². The Morgan fingerprint density at radius 2 is 2.32 bits per heavy atom. The van der Waals surface area contributed by atoms with Gasteiger partial charge in [-0.2, -0.15) is 0 Å². The number of carbonyl (C=O) groups is 1. The molecule has 0 bridgehead atoms. The number of rotatable bonds is 3. The zero-order chi connectivity index (χ0) is 14.0. The number of nitrogens with two attached hydrogens (primary N) is 1. The predicted octanol–water partition coefficient (Wildman–Crippen LogP) is 2.08. The molecule has 1 aromatic carbocycles. The number of amides is 1. The second kappa shape index (κ2) is 5.92. The number of benzene rings is 1. The summed E-state index contributed by atoms with van der Waals surface area (Å²) in [5.74, 6) is 0.690. The fourth-order valence-corrected chi connectivity index (χ4v) is 2.77. The summed E-state index contributed by atoms with van der Waals surface area (Å²) < 4.78 is 6.60. The first-order valence-corrected chi connectivity index (χ1v) is 7.24. The molecule has 1 aliphatic rings. The van der Waals surface area contributed by atoms with E-state index in [0.29, 0.717) is 12.3 Å². The van der Waals surface area contributed by atoms with Crippen LogP contribution in [0.4, 0.5) is 0 Å². The summed E-state index contributed by atoms with van der Waals surface area (Å²) in [6, 6.07) is 5.91. The summed E-state index contributed by atoms with van der Waals surface area (Å²) in [7, 11) is 0. The van der Waals surface area contributed by atoms with Crippen LogP contribution in [-0.4, -0.2) is 36.0 Å². The largest absolute Gasteiger partial charge is 0.480 e. The molecule has 1 aliphatic heterocycles. The van der Waals surface area contributed by atoms with Crippen LogP contribution >= 0.6 is 15.9 Å². The summed E-state index contributed by atoms with van der Waals surface area (Å²) >= 11 is 3.45. The lowest BCUT2D eigenvalue weighted by atomic mass is 10.2. The Morgan fingerprint density at radius 3 is 2.89 bits per heavy atom. The topological polar surface area (TPSA) is 55.6 Å². The van der Waals surface area contributed by atoms with Crippen LogP contribution in [0.2, 0.25) is 0 Å². The normalized spacial score (nSPS) is 20.4. The molecule has 5 heteroatoms. The number of ether oxygens (including phenoxy) is 1. The lowest BCUT2D eigenvalue weighted by molar-refractivity contribution is -0.136. The van der Waals surface area contributed by atoms with E-state index in [1.54, 1.807) is 11.8 Å². The van der Waals surface area contributed by atoms with Crippen molar-refractivity contribution in [2.75, 3.05) is 13.1 Å². The van der Waals surface area contributed by atoms with Crippen molar-refractivity contribution in [3.63, 3.8) is 0 Å². The van der Waals surface area contributed by atoms with Crippen LogP contribution in [0.3, 0.4) is 0 Å². The molecule has 104 valence electrons. The zero-order valence-electron chi connectivity index (χ0n) is 11.2. The minimum absolute atomic E-state index is 0.000394. The van der Waals surface area contributed by atoms with E-state index in [1.807, 2.05) is 25.1 Å². The van der Waals surface area contributed by atoms with E-state index in [1.165, 1.54) is 0 Å². The van der Waals surface area contributed by atoms with Crippen molar-refractivity contribution < 1.29 is 9.53 Å². The molecule has 0 aliphatic carbocycles. The average Bonchev–Trinajstić information content (AvgIpc) is 2.78. The maximum atomic E-state index is 12.2. The van der Waals surface area contributed by atoms with Gasteiger partial charge in [-0.1, -0.05) is 6.07 Å². The van der Waals surface area contributed by atoms with Crippen LogP contribution < -0.4 is 10.5 Å². The highest BCUT2D eigenvalue weighted by Gasteiger charge is 2.28. The van der Waals surface area contributed by atoms with Gasteiger partial charge in [-0.3, -0.25) is 4.79 Å². The molecule has 0 aromatic heterocycles. The van der Waals surface area contributed by atoms with Crippen molar-refractivity contribution in [3.05, 3.63) is 28.2 Å². The Bertz CT molecular complexity index is 479. The SMILES string of the molecule is Cc1ccc(O[C@H](C)C(=O)N2CC[C@H](N)C2)c(Br)c1. The molecule has 2 rings (SSSR count). The highest BCUT2D eigenvalue weighted by atomic mass is 79.9.